The van der Waals surface area contributed by atoms with Gasteiger partial charge in [0.15, 0.2) is 5.78 Å². The van der Waals surface area contributed by atoms with Crippen molar-refractivity contribution in [1.82, 2.24) is 15.0 Å². The maximum absolute atomic E-state index is 10.0. The fraction of sp³-hybridized carbons (Fsp3) is 0.0625. The number of hydrogen-bond acceptors (Lipinski definition) is 7. The molecule has 0 aliphatic carbocycles. The predicted octanol–water partition coefficient (Wildman–Crippen LogP) is 6.88. The van der Waals surface area contributed by atoms with E-state index in [9.17, 15) is 4.79 Å². The second-order valence-electron chi connectivity index (χ2n) is 8.61. The van der Waals surface area contributed by atoms with E-state index in [1.165, 1.54) is 19.9 Å². The molecular formula is C32H28BIrN5O2-. The number of pyridine rings is 3. The van der Waals surface area contributed by atoms with Crippen molar-refractivity contribution >= 4 is 36.3 Å². The molecule has 41 heavy (non-hydrogen) atoms. The Kier molecular flexibility index (Phi) is 12.0. The average Bonchev–Trinajstić information content (AvgIpc) is 3.39. The number of hydrogen-bond donors (Lipinski definition) is 1. The normalized spacial score (nSPS) is 11.4. The van der Waals surface area contributed by atoms with Gasteiger partial charge in [-0.05, 0) is 62.0 Å². The molecule has 3 aromatic heterocycles. The van der Waals surface area contributed by atoms with Crippen LogP contribution in [-0.4, -0.2) is 33.4 Å². The molecule has 0 saturated heterocycles. The molecule has 5 aromatic rings. The van der Waals surface area contributed by atoms with Crippen molar-refractivity contribution in [3.63, 3.8) is 0 Å². The third-order valence-corrected chi connectivity index (χ3v) is 5.49. The number of fused-ring (bicyclic) bond motifs is 1. The van der Waals surface area contributed by atoms with Gasteiger partial charge in [0.1, 0.15) is 11.6 Å². The maximum atomic E-state index is 10.0. The Morgan fingerprint density at radius 1 is 0.732 bits per heavy atom. The number of aliphatic hydroxyl groups excluding tert-OH is 1. The zero-order valence-electron chi connectivity index (χ0n) is 22.6. The minimum absolute atomic E-state index is 0. The number of benzene rings is 2. The van der Waals surface area contributed by atoms with Crippen LogP contribution in [0.15, 0.2) is 134 Å². The summed E-state index contributed by atoms with van der Waals surface area (Å²) in [5.41, 5.74) is 4.21. The van der Waals surface area contributed by atoms with Crippen molar-refractivity contribution in [2.45, 2.75) is 13.8 Å². The molecule has 0 saturated carbocycles. The number of carbonyl (C=O) groups excluding carboxylic acids is 1. The number of carbonyl (C=O) groups is 1. The number of rotatable bonds is 4. The molecule has 0 bridgehead atoms. The van der Waals surface area contributed by atoms with Gasteiger partial charge in [0.05, 0.1) is 17.1 Å². The topological polar surface area (TPSA) is 82.5 Å². The van der Waals surface area contributed by atoms with E-state index >= 15 is 0 Å². The van der Waals surface area contributed by atoms with Crippen LogP contribution in [0, 0.1) is 6.07 Å². The standard InChI is InChI=1S/C16H12BN4.C11H8N.C5H8O2.Ir/c1-2-8-14-13(7-1)20(15-9-3-5-11-18-15)17-21(14)16-10-4-6-12-19-16;1-2-6-10(7-3-1)11-8-4-5-9-12-11;1-4(6)3-5(2)7;/h1-12H;1-6,8-9H;3,6H,1-2H3;/q;-1;;/b;;4-3-;. The van der Waals surface area contributed by atoms with Gasteiger partial charge in [-0.2, -0.15) is 0 Å². The van der Waals surface area contributed by atoms with E-state index in [1.54, 1.807) is 18.6 Å². The molecule has 9 heteroatoms. The first kappa shape index (κ1) is 30.9. The Morgan fingerprint density at radius 2 is 1.24 bits per heavy atom. The van der Waals surface area contributed by atoms with Gasteiger partial charge in [0.2, 0.25) is 0 Å². The molecule has 1 aliphatic rings. The van der Waals surface area contributed by atoms with Crippen LogP contribution in [-0.2, 0) is 24.9 Å². The van der Waals surface area contributed by atoms with Crippen LogP contribution in [0.2, 0.25) is 0 Å². The Labute approximate surface area is 254 Å². The largest absolute Gasteiger partial charge is 0.512 e. The average molecular weight is 718 g/mol. The van der Waals surface area contributed by atoms with Crippen molar-refractivity contribution in [1.29, 1.82) is 0 Å². The molecule has 2 aromatic carbocycles. The van der Waals surface area contributed by atoms with E-state index < -0.39 is 0 Å². The Hall–Kier alpha value is -4.59. The molecule has 7 nitrogen and oxygen atoms in total. The van der Waals surface area contributed by atoms with Crippen molar-refractivity contribution in [2.24, 2.45) is 0 Å². The van der Waals surface area contributed by atoms with Gasteiger partial charge in [0.25, 0.3) is 0 Å². The SMILES string of the molecule is CC(=O)/C=C(/C)O.[B]1N(c2ccccn2)c2ccccc2N1c1ccccn1.[Ir].[c-]1ccccc1-c1ccccn1. The van der Waals surface area contributed by atoms with Gasteiger partial charge >= 0.3 is 7.55 Å². The minimum Gasteiger partial charge on any atom is -0.512 e. The number of anilines is 4. The molecule has 206 valence electrons. The van der Waals surface area contributed by atoms with Crippen LogP contribution >= 0.6 is 0 Å². The Balaban J connectivity index is 0.000000196. The summed E-state index contributed by atoms with van der Waals surface area (Å²) in [5.74, 6) is 1.72. The van der Waals surface area contributed by atoms with Gasteiger partial charge < -0.3 is 19.7 Å². The van der Waals surface area contributed by atoms with Crippen LogP contribution in [0.3, 0.4) is 0 Å². The summed E-state index contributed by atoms with van der Waals surface area (Å²) in [6.45, 7) is 2.85. The quantitative estimate of drug-likeness (QED) is 0.0940. The number of allylic oxidation sites excluding steroid dienone is 2. The van der Waals surface area contributed by atoms with Gasteiger partial charge in [-0.25, -0.2) is 9.97 Å². The van der Waals surface area contributed by atoms with E-state index in [-0.39, 0.29) is 31.6 Å². The molecule has 0 atom stereocenters. The molecule has 1 aliphatic heterocycles. The molecule has 0 fully saturated rings. The molecule has 0 amide bonds. The summed E-state index contributed by atoms with van der Waals surface area (Å²) < 4.78 is 0. The van der Waals surface area contributed by atoms with Crippen molar-refractivity contribution in [3.8, 4) is 11.3 Å². The first-order valence-corrected chi connectivity index (χ1v) is 12.6. The van der Waals surface area contributed by atoms with Crippen molar-refractivity contribution < 1.29 is 30.0 Å². The van der Waals surface area contributed by atoms with Crippen LogP contribution in [0.25, 0.3) is 11.3 Å². The maximum Gasteiger partial charge on any atom is 0.403 e. The molecule has 4 heterocycles. The van der Waals surface area contributed by atoms with Gasteiger partial charge in [-0.15, -0.1) is 35.9 Å². The van der Waals surface area contributed by atoms with Crippen molar-refractivity contribution in [2.75, 3.05) is 9.62 Å². The van der Waals surface area contributed by atoms with E-state index in [4.69, 9.17) is 5.11 Å². The summed E-state index contributed by atoms with van der Waals surface area (Å²) in [4.78, 5) is 27.3. The number of ketones is 1. The fourth-order valence-electron chi connectivity index (χ4n) is 3.84. The van der Waals surface area contributed by atoms with Gasteiger partial charge in [-0.3, -0.25) is 4.79 Å². The summed E-state index contributed by atoms with van der Waals surface area (Å²) in [5, 5.41) is 8.36. The van der Waals surface area contributed by atoms with E-state index in [0.29, 0.717) is 0 Å². The summed E-state index contributed by atoms with van der Waals surface area (Å²) >= 11 is 0. The minimum atomic E-state index is -0.125. The van der Waals surface area contributed by atoms with E-state index in [1.807, 2.05) is 98.5 Å². The second kappa shape index (κ2) is 15.9. The number of para-hydroxylation sites is 2. The van der Waals surface area contributed by atoms with E-state index in [0.717, 1.165) is 34.3 Å². The molecular weight excluding hydrogens is 689 g/mol. The Bertz CT molecular complexity index is 1420. The van der Waals surface area contributed by atoms with Gasteiger partial charge in [-0.1, -0.05) is 36.4 Å². The molecule has 2 radical (unpaired) electrons. The van der Waals surface area contributed by atoms with Crippen LogP contribution in [0.4, 0.5) is 23.0 Å². The number of nitrogens with zero attached hydrogens (tertiary/aromatic N) is 5. The monoisotopic (exact) mass is 718 g/mol. The summed E-state index contributed by atoms with van der Waals surface area (Å²) in [7, 11) is 2.02. The zero-order chi connectivity index (χ0) is 28.2. The number of aromatic nitrogens is 3. The summed E-state index contributed by atoms with van der Waals surface area (Å²) in [6.07, 6.45) is 6.56. The fourth-order valence-corrected chi connectivity index (χ4v) is 3.84. The van der Waals surface area contributed by atoms with Crippen LogP contribution < -0.4 is 9.62 Å². The first-order chi connectivity index (χ1) is 19.5. The predicted molar refractivity (Wildman–Crippen MR) is 161 cm³/mol. The number of aliphatic hydroxyl groups is 1. The van der Waals surface area contributed by atoms with Crippen LogP contribution in [0.1, 0.15) is 13.8 Å². The zero-order valence-corrected chi connectivity index (χ0v) is 25.0. The Morgan fingerprint density at radius 3 is 1.63 bits per heavy atom. The van der Waals surface area contributed by atoms with Crippen molar-refractivity contribution in [3.05, 3.63) is 140 Å². The summed E-state index contributed by atoms with van der Waals surface area (Å²) in [6, 6.07) is 36.9. The second-order valence-corrected chi connectivity index (χ2v) is 8.61. The molecule has 6 rings (SSSR count). The first-order valence-electron chi connectivity index (χ1n) is 12.6. The van der Waals surface area contributed by atoms with E-state index in [2.05, 4.69) is 42.8 Å². The smallest absolute Gasteiger partial charge is 0.403 e. The molecule has 1 N–H and O–H groups in total. The molecule has 0 unspecified atom stereocenters. The third-order valence-electron chi connectivity index (χ3n) is 5.49. The van der Waals surface area contributed by atoms with Gasteiger partial charge in [0, 0.05) is 44.8 Å². The molecule has 0 spiro atoms. The van der Waals surface area contributed by atoms with Crippen LogP contribution in [0.5, 0.6) is 0 Å². The third kappa shape index (κ3) is 8.96.